The summed E-state index contributed by atoms with van der Waals surface area (Å²) in [4.78, 5) is 15.0. The molecule has 2 aromatic rings. The van der Waals surface area contributed by atoms with Crippen LogP contribution in [0, 0.1) is 0 Å². The monoisotopic (exact) mass is 206 g/mol. The summed E-state index contributed by atoms with van der Waals surface area (Å²) in [6.45, 7) is 2.03. The van der Waals surface area contributed by atoms with E-state index in [1.165, 1.54) is 0 Å². The van der Waals surface area contributed by atoms with Crippen LogP contribution in [0.25, 0.3) is 0 Å². The maximum absolute atomic E-state index is 10.7. The summed E-state index contributed by atoms with van der Waals surface area (Å²) in [5.74, 6) is 0. The molecule has 4 heteroatoms. The predicted octanol–water partition coefficient (Wildman–Crippen LogP) is 2.37. The van der Waals surface area contributed by atoms with Gasteiger partial charge >= 0.3 is 0 Å². The Morgan fingerprint density at radius 2 is 2.50 bits per heavy atom. The van der Waals surface area contributed by atoms with Gasteiger partial charge in [-0.1, -0.05) is 0 Å². The molecule has 0 N–H and O–H groups in total. The van der Waals surface area contributed by atoms with E-state index in [0.717, 1.165) is 11.3 Å². The van der Waals surface area contributed by atoms with Gasteiger partial charge in [-0.25, -0.2) is 4.98 Å². The zero-order valence-corrected chi connectivity index (χ0v) is 8.57. The van der Waals surface area contributed by atoms with Gasteiger partial charge in [-0.15, -0.1) is 11.3 Å². The van der Waals surface area contributed by atoms with E-state index < -0.39 is 0 Å². The molecule has 0 aromatic carbocycles. The number of aldehydes is 1. The van der Waals surface area contributed by atoms with Crippen molar-refractivity contribution in [2.45, 2.75) is 13.0 Å². The first-order chi connectivity index (χ1) is 6.83. The summed E-state index contributed by atoms with van der Waals surface area (Å²) >= 11 is 1.60. The van der Waals surface area contributed by atoms with Crippen molar-refractivity contribution in [2.75, 3.05) is 0 Å². The van der Waals surface area contributed by atoms with Crippen molar-refractivity contribution in [2.24, 2.45) is 0 Å². The third kappa shape index (κ3) is 1.48. The van der Waals surface area contributed by atoms with E-state index in [2.05, 4.69) is 4.98 Å². The molecule has 0 bridgehead atoms. The van der Waals surface area contributed by atoms with Crippen molar-refractivity contribution in [1.82, 2.24) is 9.55 Å². The van der Waals surface area contributed by atoms with Gasteiger partial charge in [0.15, 0.2) is 6.29 Å². The van der Waals surface area contributed by atoms with Crippen LogP contribution < -0.4 is 0 Å². The Kier molecular flexibility index (Phi) is 2.45. The van der Waals surface area contributed by atoms with Crippen LogP contribution in [0.2, 0.25) is 0 Å². The van der Waals surface area contributed by atoms with Gasteiger partial charge in [0, 0.05) is 17.8 Å². The van der Waals surface area contributed by atoms with Crippen LogP contribution >= 0.6 is 11.3 Å². The first-order valence-corrected chi connectivity index (χ1v) is 5.22. The second-order valence-corrected chi connectivity index (χ2v) is 3.93. The summed E-state index contributed by atoms with van der Waals surface area (Å²) in [5, 5.41) is 2.96. The lowest BCUT2D eigenvalue weighted by Crippen LogP contribution is -2.08. The highest BCUT2D eigenvalue weighted by atomic mass is 32.1. The number of aromatic nitrogens is 2. The van der Waals surface area contributed by atoms with Gasteiger partial charge in [-0.2, -0.15) is 0 Å². The molecule has 0 fully saturated rings. The minimum absolute atomic E-state index is 0.130. The number of carbonyl (C=O) groups is 1. The number of hydrogen-bond acceptors (Lipinski definition) is 3. The molecule has 0 saturated heterocycles. The van der Waals surface area contributed by atoms with Crippen LogP contribution in [0.4, 0.5) is 0 Å². The van der Waals surface area contributed by atoms with E-state index in [4.69, 9.17) is 0 Å². The van der Waals surface area contributed by atoms with Crippen molar-refractivity contribution in [3.05, 3.63) is 40.6 Å². The lowest BCUT2D eigenvalue weighted by molar-refractivity contribution is 0.111. The van der Waals surface area contributed by atoms with Gasteiger partial charge in [0.05, 0.1) is 11.7 Å². The molecule has 2 rings (SSSR count). The normalized spacial score (nSPS) is 12.6. The minimum atomic E-state index is 0.130. The van der Waals surface area contributed by atoms with Crippen LogP contribution in [-0.2, 0) is 0 Å². The van der Waals surface area contributed by atoms with Gasteiger partial charge in [-0.3, -0.25) is 4.79 Å². The van der Waals surface area contributed by atoms with Gasteiger partial charge < -0.3 is 4.57 Å². The average Bonchev–Trinajstić information content (AvgIpc) is 2.87. The fourth-order valence-electron chi connectivity index (χ4n) is 1.42. The Hall–Kier alpha value is -1.42. The Morgan fingerprint density at radius 3 is 3.14 bits per heavy atom. The maximum Gasteiger partial charge on any atom is 0.166 e. The first-order valence-electron chi connectivity index (χ1n) is 4.34. The van der Waals surface area contributed by atoms with Crippen LogP contribution in [0.3, 0.4) is 0 Å². The van der Waals surface area contributed by atoms with E-state index in [-0.39, 0.29) is 6.04 Å². The van der Waals surface area contributed by atoms with Crippen molar-refractivity contribution < 1.29 is 4.79 Å². The lowest BCUT2D eigenvalue weighted by Gasteiger charge is -2.12. The molecule has 1 atom stereocenters. The molecule has 0 aliphatic rings. The first kappa shape index (κ1) is 9.15. The largest absolute Gasteiger partial charge is 0.336 e. The van der Waals surface area contributed by atoms with Crippen molar-refractivity contribution in [3.8, 4) is 0 Å². The second kappa shape index (κ2) is 3.75. The molecule has 14 heavy (non-hydrogen) atoms. The number of thiazole rings is 1. The second-order valence-electron chi connectivity index (χ2n) is 3.00. The molecule has 1 unspecified atom stereocenters. The van der Waals surface area contributed by atoms with Crippen LogP contribution in [0.5, 0.6) is 0 Å². The summed E-state index contributed by atoms with van der Waals surface area (Å²) < 4.78 is 1.92. The zero-order chi connectivity index (χ0) is 9.97. The van der Waals surface area contributed by atoms with Gasteiger partial charge in [0.25, 0.3) is 0 Å². The molecule has 0 aliphatic carbocycles. The SMILES string of the molecule is CC(c1nccs1)n1cccc1C=O. The highest BCUT2D eigenvalue weighted by Gasteiger charge is 2.11. The highest BCUT2D eigenvalue weighted by molar-refractivity contribution is 7.09. The van der Waals surface area contributed by atoms with E-state index in [9.17, 15) is 4.79 Å². The lowest BCUT2D eigenvalue weighted by atomic mass is 10.3. The molecule has 2 heterocycles. The molecule has 0 aliphatic heterocycles. The van der Waals surface area contributed by atoms with Crippen molar-refractivity contribution in [3.63, 3.8) is 0 Å². The Morgan fingerprint density at radius 1 is 1.64 bits per heavy atom. The standard InChI is InChI=1S/C10H10N2OS/c1-8(10-11-4-6-14-10)12-5-2-3-9(12)7-13/h2-8H,1H3. The molecule has 0 spiro atoms. The van der Waals surface area contributed by atoms with E-state index in [1.807, 2.05) is 29.1 Å². The van der Waals surface area contributed by atoms with Crippen molar-refractivity contribution in [1.29, 1.82) is 0 Å². The molecule has 2 aromatic heterocycles. The molecule has 0 saturated carbocycles. The van der Waals surface area contributed by atoms with Crippen LogP contribution in [-0.4, -0.2) is 15.8 Å². The fraction of sp³-hybridized carbons (Fsp3) is 0.200. The number of rotatable bonds is 3. The third-order valence-corrected chi connectivity index (χ3v) is 3.10. The fourth-order valence-corrected chi connectivity index (χ4v) is 2.11. The summed E-state index contributed by atoms with van der Waals surface area (Å²) in [5.41, 5.74) is 0.688. The van der Waals surface area contributed by atoms with E-state index in [0.29, 0.717) is 5.69 Å². The minimum Gasteiger partial charge on any atom is -0.336 e. The average molecular weight is 206 g/mol. The highest BCUT2D eigenvalue weighted by Crippen LogP contribution is 2.21. The molecule has 0 radical (unpaired) electrons. The zero-order valence-electron chi connectivity index (χ0n) is 7.75. The van der Waals surface area contributed by atoms with Gasteiger partial charge in [-0.05, 0) is 19.1 Å². The predicted molar refractivity (Wildman–Crippen MR) is 55.7 cm³/mol. The molecule has 72 valence electrons. The van der Waals surface area contributed by atoms with Crippen LogP contribution in [0.15, 0.2) is 29.9 Å². The summed E-state index contributed by atoms with van der Waals surface area (Å²) in [6, 6.07) is 3.80. The summed E-state index contributed by atoms with van der Waals surface area (Å²) in [7, 11) is 0. The number of nitrogens with zero attached hydrogens (tertiary/aromatic N) is 2. The van der Waals surface area contributed by atoms with E-state index >= 15 is 0 Å². The molecule has 0 amide bonds. The van der Waals surface area contributed by atoms with Gasteiger partial charge in [0.1, 0.15) is 5.01 Å². The quantitative estimate of drug-likeness (QED) is 0.722. The topological polar surface area (TPSA) is 34.9 Å². The Labute approximate surface area is 86.0 Å². The number of hydrogen-bond donors (Lipinski definition) is 0. The maximum atomic E-state index is 10.7. The Balaban J connectivity index is 2.36. The third-order valence-electron chi connectivity index (χ3n) is 2.16. The summed E-state index contributed by atoms with van der Waals surface area (Å²) in [6.07, 6.45) is 4.54. The van der Waals surface area contributed by atoms with Crippen LogP contribution in [0.1, 0.15) is 28.5 Å². The Bertz CT molecular complexity index is 419. The number of carbonyl (C=O) groups excluding carboxylic acids is 1. The molecular weight excluding hydrogens is 196 g/mol. The molecule has 3 nitrogen and oxygen atoms in total. The van der Waals surface area contributed by atoms with E-state index in [1.54, 1.807) is 23.6 Å². The van der Waals surface area contributed by atoms with Crippen molar-refractivity contribution >= 4 is 17.6 Å². The van der Waals surface area contributed by atoms with Gasteiger partial charge in [0.2, 0.25) is 0 Å². The molecular formula is C10H10N2OS. The smallest absolute Gasteiger partial charge is 0.166 e.